The molecule has 0 unspecified atom stereocenters. The summed E-state index contributed by atoms with van der Waals surface area (Å²) in [5, 5.41) is 9.73. The number of fused-ring (bicyclic) bond motifs is 1. The number of anilines is 1. The molecular weight excluding hydrogens is 558 g/mol. The lowest BCUT2D eigenvalue weighted by molar-refractivity contribution is -0.0592. The van der Waals surface area contributed by atoms with Gasteiger partial charge in [0.2, 0.25) is 11.8 Å². The van der Waals surface area contributed by atoms with Gasteiger partial charge in [-0.1, -0.05) is 17.7 Å². The van der Waals surface area contributed by atoms with Crippen LogP contribution in [0.25, 0.3) is 11.0 Å². The number of hydrogen-bond acceptors (Lipinski definition) is 8. The first-order chi connectivity index (χ1) is 19.8. The van der Waals surface area contributed by atoms with Gasteiger partial charge >= 0.3 is 5.97 Å². The predicted molar refractivity (Wildman–Crippen MR) is 146 cm³/mol. The van der Waals surface area contributed by atoms with Crippen molar-refractivity contribution in [3.8, 4) is 5.88 Å². The fourth-order valence-corrected chi connectivity index (χ4v) is 5.11. The number of carboxylic acid groups (broad SMARTS) is 1. The third-order valence-electron chi connectivity index (χ3n) is 7.35. The molecular formula is C28H27ClF2N6O4. The second-order valence-electron chi connectivity index (χ2n) is 10.0. The highest BCUT2D eigenvalue weighted by atomic mass is 35.5. The van der Waals surface area contributed by atoms with Gasteiger partial charge in [-0.25, -0.2) is 19.2 Å². The Bertz CT molecular complexity index is 1590. The van der Waals surface area contributed by atoms with Crippen molar-refractivity contribution in [2.75, 3.05) is 37.7 Å². The Balaban J connectivity index is 1.12. The Morgan fingerprint density at radius 2 is 1.90 bits per heavy atom. The molecule has 2 fully saturated rings. The molecule has 214 valence electrons. The Morgan fingerprint density at radius 1 is 1.10 bits per heavy atom. The van der Waals surface area contributed by atoms with Crippen LogP contribution in [0.4, 0.5) is 14.7 Å². The van der Waals surface area contributed by atoms with Crippen molar-refractivity contribution in [3.63, 3.8) is 0 Å². The van der Waals surface area contributed by atoms with Crippen LogP contribution >= 0.6 is 11.6 Å². The fourth-order valence-electron chi connectivity index (χ4n) is 4.95. The zero-order valence-corrected chi connectivity index (χ0v) is 22.7. The third kappa shape index (κ3) is 5.95. The lowest BCUT2D eigenvalue weighted by Crippen LogP contribution is -2.47. The molecule has 2 aromatic carbocycles. The summed E-state index contributed by atoms with van der Waals surface area (Å²) < 4.78 is 41.7. The molecule has 13 heteroatoms. The average molecular weight is 585 g/mol. The summed E-state index contributed by atoms with van der Waals surface area (Å²) in [6, 6.07) is 9.16. The van der Waals surface area contributed by atoms with Crippen molar-refractivity contribution in [1.29, 1.82) is 0 Å². The van der Waals surface area contributed by atoms with Gasteiger partial charge in [-0.15, -0.1) is 0 Å². The van der Waals surface area contributed by atoms with Crippen molar-refractivity contribution in [1.82, 2.24) is 24.4 Å². The molecule has 4 heterocycles. The number of carboxylic acids is 1. The topological polar surface area (TPSA) is 106 Å². The van der Waals surface area contributed by atoms with Crippen molar-refractivity contribution < 1.29 is 28.2 Å². The van der Waals surface area contributed by atoms with Crippen LogP contribution in [-0.2, 0) is 24.4 Å². The monoisotopic (exact) mass is 584 g/mol. The highest BCUT2D eigenvalue weighted by Crippen LogP contribution is 2.25. The number of aromatic carboxylic acids is 1. The van der Waals surface area contributed by atoms with E-state index in [9.17, 15) is 18.7 Å². The van der Waals surface area contributed by atoms with E-state index < -0.39 is 17.6 Å². The van der Waals surface area contributed by atoms with Gasteiger partial charge in [0.1, 0.15) is 18.2 Å². The summed E-state index contributed by atoms with van der Waals surface area (Å²) in [6.45, 7) is 4.24. The third-order valence-corrected chi connectivity index (χ3v) is 7.59. The number of carbonyl (C=O) groups is 1. The average Bonchev–Trinajstić information content (AvgIpc) is 3.27. The van der Waals surface area contributed by atoms with Gasteiger partial charge in [0.25, 0.3) is 5.88 Å². The maximum Gasteiger partial charge on any atom is 0.335 e. The van der Waals surface area contributed by atoms with E-state index in [4.69, 9.17) is 26.1 Å². The number of halogens is 3. The number of benzene rings is 2. The number of aromatic nitrogens is 4. The van der Waals surface area contributed by atoms with E-state index in [0.717, 1.165) is 36.1 Å². The van der Waals surface area contributed by atoms with E-state index in [1.807, 2.05) is 4.90 Å². The number of hydrogen-bond donors (Lipinski definition) is 1. The van der Waals surface area contributed by atoms with Crippen LogP contribution in [-0.4, -0.2) is 74.4 Å². The van der Waals surface area contributed by atoms with Crippen LogP contribution in [0.2, 0.25) is 5.02 Å². The standard InChI is InChI=1S/C28H27ClF2N6O4/c29-19-3-1-18(21(30)12-19)16-41-26-22(31)13-32-28(34-26)36-8-6-35(7-9-36)15-25-33-23-4-2-17(27(38)39)11-24(23)37(25)14-20-5-10-40-20/h1-4,11-13,20H,5-10,14-16H2,(H,38,39)/t20-/m0/s1. The number of imidazole rings is 1. The van der Waals surface area contributed by atoms with E-state index in [0.29, 0.717) is 45.2 Å². The zero-order valence-electron chi connectivity index (χ0n) is 22.0. The maximum atomic E-state index is 14.4. The van der Waals surface area contributed by atoms with E-state index in [1.54, 1.807) is 18.2 Å². The molecule has 2 aliphatic rings. The molecule has 0 aliphatic carbocycles. The first-order valence-electron chi connectivity index (χ1n) is 13.2. The van der Waals surface area contributed by atoms with Crippen LogP contribution in [0.5, 0.6) is 5.88 Å². The minimum atomic E-state index is -0.981. The van der Waals surface area contributed by atoms with Gasteiger partial charge in [-0.2, -0.15) is 9.37 Å². The van der Waals surface area contributed by atoms with Crippen molar-refractivity contribution in [3.05, 3.63) is 76.2 Å². The van der Waals surface area contributed by atoms with E-state index in [1.165, 1.54) is 18.2 Å². The van der Waals surface area contributed by atoms with E-state index in [-0.39, 0.29) is 34.7 Å². The van der Waals surface area contributed by atoms with E-state index in [2.05, 4.69) is 19.4 Å². The molecule has 0 bridgehead atoms. The summed E-state index contributed by atoms with van der Waals surface area (Å²) in [6.07, 6.45) is 2.09. The second kappa shape index (κ2) is 11.6. The van der Waals surface area contributed by atoms with Crippen LogP contribution in [0, 0.1) is 11.6 Å². The van der Waals surface area contributed by atoms with Crippen molar-refractivity contribution in [2.45, 2.75) is 32.2 Å². The molecule has 2 saturated heterocycles. The molecule has 1 N–H and O–H groups in total. The van der Waals surface area contributed by atoms with Gasteiger partial charge in [0.15, 0.2) is 0 Å². The Morgan fingerprint density at radius 3 is 2.61 bits per heavy atom. The highest BCUT2D eigenvalue weighted by Gasteiger charge is 2.26. The van der Waals surface area contributed by atoms with Crippen molar-refractivity contribution >= 4 is 34.6 Å². The highest BCUT2D eigenvalue weighted by molar-refractivity contribution is 6.30. The molecule has 0 saturated carbocycles. The summed E-state index contributed by atoms with van der Waals surface area (Å²) in [4.78, 5) is 29.0. The van der Waals surface area contributed by atoms with Crippen molar-refractivity contribution in [2.24, 2.45) is 0 Å². The molecule has 0 amide bonds. The maximum absolute atomic E-state index is 14.4. The Kier molecular flexibility index (Phi) is 7.69. The van der Waals surface area contributed by atoms with Crippen LogP contribution in [0.1, 0.15) is 28.2 Å². The molecule has 10 nitrogen and oxygen atoms in total. The molecule has 41 heavy (non-hydrogen) atoms. The lowest BCUT2D eigenvalue weighted by atomic mass is 10.1. The first kappa shape index (κ1) is 27.3. The number of nitrogens with zero attached hydrogens (tertiary/aromatic N) is 6. The number of piperazine rings is 1. The molecule has 0 spiro atoms. The number of rotatable bonds is 9. The molecule has 1 atom stereocenters. The van der Waals surface area contributed by atoms with Gasteiger partial charge < -0.3 is 24.0 Å². The summed E-state index contributed by atoms with van der Waals surface area (Å²) in [7, 11) is 0. The lowest BCUT2D eigenvalue weighted by Gasteiger charge is -2.35. The Labute approximate surface area is 239 Å². The largest absolute Gasteiger partial charge is 0.478 e. The van der Waals surface area contributed by atoms with Gasteiger partial charge in [-0.05, 0) is 36.8 Å². The first-order valence-corrected chi connectivity index (χ1v) is 13.6. The summed E-state index contributed by atoms with van der Waals surface area (Å²) in [5.41, 5.74) is 1.97. The van der Waals surface area contributed by atoms with Crippen LogP contribution in [0.3, 0.4) is 0 Å². The normalized spacial score (nSPS) is 17.5. The van der Waals surface area contributed by atoms with Gasteiger partial charge in [0, 0.05) is 43.4 Å². The summed E-state index contributed by atoms with van der Waals surface area (Å²) in [5.74, 6) is -1.34. The van der Waals surface area contributed by atoms with Crippen LogP contribution in [0.15, 0.2) is 42.6 Å². The Hall–Kier alpha value is -3.87. The smallest absolute Gasteiger partial charge is 0.335 e. The van der Waals surface area contributed by atoms with E-state index >= 15 is 0 Å². The predicted octanol–water partition coefficient (Wildman–Crippen LogP) is 4.15. The minimum absolute atomic E-state index is 0.0831. The van der Waals surface area contributed by atoms with Crippen LogP contribution < -0.4 is 9.64 Å². The van der Waals surface area contributed by atoms with Gasteiger partial charge in [-0.3, -0.25) is 4.90 Å². The van der Waals surface area contributed by atoms with Gasteiger partial charge in [0.05, 0.1) is 42.0 Å². The molecule has 4 aromatic rings. The fraction of sp³-hybridized carbons (Fsp3) is 0.357. The zero-order chi connectivity index (χ0) is 28.5. The number of ether oxygens (including phenoxy) is 2. The molecule has 2 aromatic heterocycles. The molecule has 2 aliphatic heterocycles. The minimum Gasteiger partial charge on any atom is -0.478 e. The quantitative estimate of drug-likeness (QED) is 0.311. The molecule has 0 radical (unpaired) electrons. The summed E-state index contributed by atoms with van der Waals surface area (Å²) >= 11 is 5.79. The second-order valence-corrected chi connectivity index (χ2v) is 10.5. The SMILES string of the molecule is O=C(O)c1ccc2nc(CN3CCN(c4ncc(F)c(OCc5ccc(Cl)cc5F)n4)CC3)n(C[C@@H]3CCO3)c2c1. The molecule has 6 rings (SSSR count).